The Morgan fingerprint density at radius 1 is 1.14 bits per heavy atom. The average Bonchev–Trinajstić information content (AvgIpc) is 2.95. The number of sulfonamides is 1. The van der Waals surface area contributed by atoms with Crippen molar-refractivity contribution in [2.24, 2.45) is 0 Å². The van der Waals surface area contributed by atoms with Gasteiger partial charge in [-0.25, -0.2) is 13.1 Å². The molecule has 0 fully saturated rings. The van der Waals surface area contributed by atoms with Gasteiger partial charge in [0, 0.05) is 6.20 Å². The molecule has 1 aliphatic rings. The first-order valence-corrected chi connectivity index (χ1v) is 8.60. The van der Waals surface area contributed by atoms with Crippen molar-refractivity contribution in [3.05, 3.63) is 59.4 Å². The molecule has 0 radical (unpaired) electrons. The molecule has 0 amide bonds. The third-order valence-corrected chi connectivity index (χ3v) is 5.38. The number of aryl methyl sites for hydroxylation is 2. The molecule has 0 spiro atoms. The van der Waals surface area contributed by atoms with Crippen LogP contribution in [-0.4, -0.2) is 13.4 Å². The van der Waals surface area contributed by atoms with Gasteiger partial charge < -0.3 is 0 Å². The number of nitrogens with zero attached hydrogens (tertiary/aromatic N) is 1. The highest BCUT2D eigenvalue weighted by atomic mass is 32.2. The van der Waals surface area contributed by atoms with Gasteiger partial charge in [0.1, 0.15) is 0 Å². The molecule has 1 atom stereocenters. The minimum absolute atomic E-state index is 0.339. The summed E-state index contributed by atoms with van der Waals surface area (Å²) in [6, 6.07) is 10.5. The molecule has 1 aliphatic carbocycles. The molecule has 110 valence electrons. The summed E-state index contributed by atoms with van der Waals surface area (Å²) >= 11 is 0. The van der Waals surface area contributed by atoms with E-state index in [-0.39, 0.29) is 6.04 Å². The average molecular weight is 302 g/mol. The van der Waals surface area contributed by atoms with Gasteiger partial charge in [-0.1, -0.05) is 12.1 Å². The van der Waals surface area contributed by atoms with Gasteiger partial charge in [0.05, 0.1) is 16.6 Å². The van der Waals surface area contributed by atoms with Crippen molar-refractivity contribution >= 4 is 10.0 Å². The quantitative estimate of drug-likeness (QED) is 0.944. The molecular weight excluding hydrogens is 284 g/mol. The third kappa shape index (κ3) is 2.99. The van der Waals surface area contributed by atoms with Gasteiger partial charge in [-0.05, 0) is 61.6 Å². The predicted octanol–water partition coefficient (Wildman–Crippen LogP) is 2.61. The molecule has 3 rings (SSSR count). The van der Waals surface area contributed by atoms with E-state index in [0.29, 0.717) is 10.6 Å². The number of pyridine rings is 1. The van der Waals surface area contributed by atoms with Crippen molar-refractivity contribution in [1.82, 2.24) is 9.71 Å². The topological polar surface area (TPSA) is 59.1 Å². The maximum atomic E-state index is 12.5. The van der Waals surface area contributed by atoms with Gasteiger partial charge in [0.15, 0.2) is 0 Å². The summed E-state index contributed by atoms with van der Waals surface area (Å²) in [5, 5.41) is 0. The molecule has 5 heteroatoms. The first-order valence-electron chi connectivity index (χ1n) is 7.11. The van der Waals surface area contributed by atoms with Gasteiger partial charge >= 0.3 is 0 Å². The zero-order valence-corrected chi connectivity index (χ0v) is 12.7. The number of fused-ring (bicyclic) bond motifs is 1. The standard InChI is InChI=1S/C16H18N2O2S/c1-12(16-7-2-3-10-17-16)18-21(19,20)15-9-8-13-5-4-6-14(13)11-15/h2-3,7-12,18H,4-6H2,1H3/t12-/m1/s1. The number of hydrogen-bond acceptors (Lipinski definition) is 3. The minimum atomic E-state index is -3.52. The zero-order valence-electron chi connectivity index (χ0n) is 11.9. The van der Waals surface area contributed by atoms with Crippen LogP contribution in [0.4, 0.5) is 0 Å². The Bertz CT molecular complexity index is 742. The lowest BCUT2D eigenvalue weighted by atomic mass is 10.1. The van der Waals surface area contributed by atoms with Crippen LogP contribution in [0.2, 0.25) is 0 Å². The summed E-state index contributed by atoms with van der Waals surface area (Å²) in [5.74, 6) is 0. The third-order valence-electron chi connectivity index (χ3n) is 3.84. The van der Waals surface area contributed by atoms with Crippen LogP contribution in [0, 0.1) is 0 Å². The first-order chi connectivity index (χ1) is 10.1. The van der Waals surface area contributed by atoms with E-state index in [1.165, 1.54) is 5.56 Å². The van der Waals surface area contributed by atoms with E-state index in [1.54, 1.807) is 25.3 Å². The molecule has 0 saturated carbocycles. The van der Waals surface area contributed by atoms with Crippen LogP contribution in [-0.2, 0) is 22.9 Å². The Hall–Kier alpha value is -1.72. The zero-order chi connectivity index (χ0) is 14.9. The second kappa shape index (κ2) is 5.58. The highest BCUT2D eigenvalue weighted by Gasteiger charge is 2.21. The largest absolute Gasteiger partial charge is 0.260 e. The van der Waals surface area contributed by atoms with Gasteiger partial charge in [-0.2, -0.15) is 0 Å². The summed E-state index contributed by atoms with van der Waals surface area (Å²) in [5.41, 5.74) is 3.14. The Morgan fingerprint density at radius 3 is 2.71 bits per heavy atom. The summed E-state index contributed by atoms with van der Waals surface area (Å²) < 4.78 is 27.6. The molecule has 0 bridgehead atoms. The fraction of sp³-hybridized carbons (Fsp3) is 0.312. The van der Waals surface area contributed by atoms with E-state index in [2.05, 4.69) is 9.71 Å². The molecule has 4 nitrogen and oxygen atoms in total. The second-order valence-corrected chi connectivity index (χ2v) is 7.10. The highest BCUT2D eigenvalue weighted by molar-refractivity contribution is 7.89. The summed E-state index contributed by atoms with van der Waals surface area (Å²) in [6.07, 6.45) is 4.79. The Kier molecular flexibility index (Phi) is 3.78. The number of aromatic nitrogens is 1. The van der Waals surface area contributed by atoms with Crippen LogP contribution < -0.4 is 4.72 Å². The number of hydrogen-bond donors (Lipinski definition) is 1. The van der Waals surface area contributed by atoms with Crippen molar-refractivity contribution in [2.45, 2.75) is 37.1 Å². The van der Waals surface area contributed by atoms with Crippen LogP contribution >= 0.6 is 0 Å². The fourth-order valence-corrected chi connectivity index (χ4v) is 3.98. The molecule has 1 aromatic carbocycles. The Morgan fingerprint density at radius 2 is 1.95 bits per heavy atom. The second-order valence-electron chi connectivity index (χ2n) is 5.38. The SMILES string of the molecule is C[C@@H](NS(=O)(=O)c1ccc2c(c1)CCC2)c1ccccn1. The summed E-state index contributed by atoms with van der Waals surface area (Å²) in [7, 11) is -3.52. The van der Waals surface area contributed by atoms with Crippen LogP contribution in [0.25, 0.3) is 0 Å². The Labute approximate surface area is 125 Å². The molecule has 21 heavy (non-hydrogen) atoms. The summed E-state index contributed by atoms with van der Waals surface area (Å²) in [6.45, 7) is 1.80. The molecular formula is C16H18N2O2S. The number of rotatable bonds is 4. The Balaban J connectivity index is 1.84. The highest BCUT2D eigenvalue weighted by Crippen LogP contribution is 2.25. The van der Waals surface area contributed by atoms with Gasteiger partial charge in [-0.15, -0.1) is 0 Å². The smallest absolute Gasteiger partial charge is 0.241 e. The van der Waals surface area contributed by atoms with Crippen molar-refractivity contribution in [1.29, 1.82) is 0 Å². The maximum Gasteiger partial charge on any atom is 0.241 e. The van der Waals surface area contributed by atoms with Gasteiger partial charge in [-0.3, -0.25) is 4.98 Å². The molecule has 2 aromatic rings. The van der Waals surface area contributed by atoms with Crippen molar-refractivity contribution in [3.63, 3.8) is 0 Å². The van der Waals surface area contributed by atoms with Crippen LogP contribution in [0.1, 0.15) is 36.2 Å². The van der Waals surface area contributed by atoms with Crippen molar-refractivity contribution < 1.29 is 8.42 Å². The van der Waals surface area contributed by atoms with Gasteiger partial charge in [0.2, 0.25) is 10.0 Å². The van der Waals surface area contributed by atoms with E-state index >= 15 is 0 Å². The number of benzene rings is 1. The lowest BCUT2D eigenvalue weighted by Crippen LogP contribution is -2.27. The fourth-order valence-electron chi connectivity index (χ4n) is 2.71. The molecule has 1 N–H and O–H groups in total. The van der Waals surface area contributed by atoms with Crippen LogP contribution in [0.15, 0.2) is 47.5 Å². The lowest BCUT2D eigenvalue weighted by molar-refractivity contribution is 0.564. The first kappa shape index (κ1) is 14.2. The molecule has 0 aliphatic heterocycles. The number of nitrogens with one attached hydrogen (secondary N) is 1. The molecule has 0 saturated heterocycles. The van der Waals surface area contributed by atoms with E-state index < -0.39 is 10.0 Å². The van der Waals surface area contributed by atoms with Crippen LogP contribution in [0.3, 0.4) is 0 Å². The normalized spacial score (nSPS) is 15.7. The lowest BCUT2D eigenvalue weighted by Gasteiger charge is -2.14. The maximum absolute atomic E-state index is 12.5. The van der Waals surface area contributed by atoms with E-state index in [0.717, 1.165) is 24.8 Å². The van der Waals surface area contributed by atoms with Crippen molar-refractivity contribution in [3.8, 4) is 0 Å². The molecule has 1 aromatic heterocycles. The van der Waals surface area contributed by atoms with Crippen LogP contribution in [0.5, 0.6) is 0 Å². The monoisotopic (exact) mass is 302 g/mol. The van der Waals surface area contributed by atoms with Gasteiger partial charge in [0.25, 0.3) is 0 Å². The predicted molar refractivity (Wildman–Crippen MR) is 81.4 cm³/mol. The van der Waals surface area contributed by atoms with E-state index in [9.17, 15) is 8.42 Å². The molecule has 1 heterocycles. The van der Waals surface area contributed by atoms with Crippen molar-refractivity contribution in [2.75, 3.05) is 0 Å². The van der Waals surface area contributed by atoms with E-state index in [4.69, 9.17) is 0 Å². The minimum Gasteiger partial charge on any atom is -0.260 e. The molecule has 0 unspecified atom stereocenters. The van der Waals surface area contributed by atoms with E-state index in [1.807, 2.05) is 24.3 Å². The summed E-state index contributed by atoms with van der Waals surface area (Å²) in [4.78, 5) is 4.53.